The van der Waals surface area contributed by atoms with Gasteiger partial charge in [0.1, 0.15) is 6.04 Å². The Balaban J connectivity index is 1.28. The van der Waals surface area contributed by atoms with Crippen molar-refractivity contribution in [1.82, 2.24) is 30.6 Å². The number of ether oxygens (including phenoxy) is 1. The van der Waals surface area contributed by atoms with Crippen molar-refractivity contribution < 1.29 is 23.9 Å². The zero-order valence-corrected chi connectivity index (χ0v) is 24.2. The lowest BCUT2D eigenvalue weighted by molar-refractivity contribution is -0.152. The number of aromatic amines is 1. The maximum absolute atomic E-state index is 13.9. The summed E-state index contributed by atoms with van der Waals surface area (Å²) in [6.07, 6.45) is 9.29. The summed E-state index contributed by atoms with van der Waals surface area (Å²) < 4.78 is 6.13. The topological polar surface area (TPSA) is 137 Å². The minimum atomic E-state index is -0.859. The second-order valence-corrected chi connectivity index (χ2v) is 13.2. The number of H-pyrrole nitrogens is 1. The minimum Gasteiger partial charge on any atom is -0.376 e. The summed E-state index contributed by atoms with van der Waals surface area (Å²) in [5, 5.41) is 12.2. The smallest absolute Gasteiger partial charge is 0.257 e. The van der Waals surface area contributed by atoms with E-state index < -0.39 is 23.5 Å². The van der Waals surface area contributed by atoms with Crippen molar-refractivity contribution >= 4 is 23.6 Å². The van der Waals surface area contributed by atoms with Gasteiger partial charge >= 0.3 is 0 Å². The van der Waals surface area contributed by atoms with Crippen LogP contribution in [0.25, 0.3) is 0 Å². The molecule has 4 amide bonds. The van der Waals surface area contributed by atoms with Crippen LogP contribution in [0.1, 0.15) is 69.7 Å². The first-order chi connectivity index (χ1) is 19.0. The van der Waals surface area contributed by atoms with Crippen LogP contribution in [0.15, 0.2) is 12.4 Å². The van der Waals surface area contributed by atoms with Crippen LogP contribution in [0.5, 0.6) is 0 Å². The van der Waals surface area contributed by atoms with E-state index in [1.165, 1.54) is 25.5 Å². The first-order valence-corrected chi connectivity index (χ1v) is 14.7. The van der Waals surface area contributed by atoms with Gasteiger partial charge in [-0.15, -0.1) is 0 Å². The van der Waals surface area contributed by atoms with Crippen LogP contribution in [-0.4, -0.2) is 95.6 Å². The number of rotatable bonds is 9. The second-order valence-electron chi connectivity index (χ2n) is 13.2. The van der Waals surface area contributed by atoms with Gasteiger partial charge in [-0.2, -0.15) is 5.10 Å². The molecule has 220 valence electrons. The van der Waals surface area contributed by atoms with Crippen LogP contribution in [0.3, 0.4) is 0 Å². The number of carbonyl (C=O) groups excluding carboxylic acids is 4. The Bertz CT molecular complexity index is 1110. The molecular formula is C29H44N6O5. The highest BCUT2D eigenvalue weighted by Gasteiger charge is 2.62. The van der Waals surface area contributed by atoms with Gasteiger partial charge < -0.3 is 25.2 Å². The van der Waals surface area contributed by atoms with Crippen LogP contribution in [0.2, 0.25) is 0 Å². The highest BCUT2D eigenvalue weighted by Crippen LogP contribution is 2.54. The normalized spacial score (nSPS) is 26.6. The zero-order valence-electron chi connectivity index (χ0n) is 24.2. The molecule has 1 aromatic rings. The van der Waals surface area contributed by atoms with Crippen molar-refractivity contribution in [2.45, 2.75) is 71.4 Å². The molecule has 0 radical (unpaired) electrons. The lowest BCUT2D eigenvalue weighted by Gasteiger charge is -2.50. The van der Waals surface area contributed by atoms with E-state index in [4.69, 9.17) is 4.74 Å². The number of hydrogen-bond donors (Lipinski definition) is 3. The molecule has 40 heavy (non-hydrogen) atoms. The molecule has 1 aromatic heterocycles. The molecule has 2 saturated carbocycles. The standard InChI is InChI=1S/C29H44N6O5/c1-18(40-14-19-8-6-5-7-9-19)23(25(37)30-4)33-24(36)22-13-34(26(38)20-11-31-32-12-20)15-29(22)16-35(17-29)27(39)21-10-28(21,2)3/h11-12,18-19,21-23H,5-10,13-17H2,1-4H3,(H,30,37)(H,31,32)(H,33,36)/t18-,21-,22?,23+/m1/s1. The zero-order chi connectivity index (χ0) is 28.7. The van der Waals surface area contributed by atoms with Gasteiger partial charge in [0.05, 0.1) is 23.8 Å². The molecule has 2 saturated heterocycles. The van der Waals surface area contributed by atoms with E-state index in [1.54, 1.807) is 18.1 Å². The van der Waals surface area contributed by atoms with E-state index in [-0.39, 0.29) is 41.5 Å². The molecule has 0 bridgehead atoms. The number of nitrogens with zero attached hydrogens (tertiary/aromatic N) is 3. The van der Waals surface area contributed by atoms with Gasteiger partial charge in [0.15, 0.2) is 0 Å². The summed E-state index contributed by atoms with van der Waals surface area (Å²) in [7, 11) is 1.55. The third-order valence-electron chi connectivity index (χ3n) is 9.75. The van der Waals surface area contributed by atoms with E-state index >= 15 is 0 Å². The first-order valence-electron chi connectivity index (χ1n) is 14.7. The molecule has 4 atom stereocenters. The molecule has 1 spiro atoms. The average molecular weight is 557 g/mol. The molecule has 5 rings (SSSR count). The molecule has 3 N–H and O–H groups in total. The SMILES string of the molecule is CNC(=O)[C@@H](NC(=O)C1CN(C(=O)c2cn[nH]c2)CC12CN(C(=O)[C@H]1CC1(C)C)C2)[C@@H](C)OCC1CCCCC1. The van der Waals surface area contributed by atoms with Gasteiger partial charge in [-0.1, -0.05) is 33.1 Å². The number of likely N-dealkylation sites (tertiary alicyclic amines) is 2. The summed E-state index contributed by atoms with van der Waals surface area (Å²) in [6.45, 7) is 8.00. The molecule has 2 aliphatic heterocycles. The summed E-state index contributed by atoms with van der Waals surface area (Å²) in [4.78, 5) is 56.5. The Labute approximate surface area is 236 Å². The largest absolute Gasteiger partial charge is 0.376 e. The van der Waals surface area contributed by atoms with Crippen molar-refractivity contribution in [3.8, 4) is 0 Å². The minimum absolute atomic E-state index is 0.0157. The number of hydrogen-bond acceptors (Lipinski definition) is 6. The van der Waals surface area contributed by atoms with E-state index in [9.17, 15) is 19.2 Å². The maximum atomic E-state index is 13.9. The fourth-order valence-corrected chi connectivity index (χ4v) is 6.88. The lowest BCUT2D eigenvalue weighted by atomic mass is 9.70. The van der Waals surface area contributed by atoms with Gasteiger partial charge in [-0.25, -0.2) is 0 Å². The number of nitrogens with one attached hydrogen (secondary N) is 3. The summed E-state index contributed by atoms with van der Waals surface area (Å²) in [5.74, 6) is -0.745. The molecule has 11 heteroatoms. The van der Waals surface area contributed by atoms with Crippen molar-refractivity contribution in [2.75, 3.05) is 39.8 Å². The van der Waals surface area contributed by atoms with Gasteiger partial charge in [-0.3, -0.25) is 24.3 Å². The average Bonchev–Trinajstić information content (AvgIpc) is 3.30. The van der Waals surface area contributed by atoms with Crippen molar-refractivity contribution in [1.29, 1.82) is 0 Å². The van der Waals surface area contributed by atoms with Crippen molar-refractivity contribution in [3.05, 3.63) is 18.0 Å². The third kappa shape index (κ3) is 5.62. The second kappa shape index (κ2) is 11.1. The Hall–Kier alpha value is -2.95. The van der Waals surface area contributed by atoms with Crippen LogP contribution in [-0.2, 0) is 19.1 Å². The molecular weight excluding hydrogens is 512 g/mol. The molecule has 4 fully saturated rings. The van der Waals surface area contributed by atoms with Crippen LogP contribution >= 0.6 is 0 Å². The van der Waals surface area contributed by atoms with E-state index in [0.717, 1.165) is 19.3 Å². The van der Waals surface area contributed by atoms with Gasteiger partial charge in [0.2, 0.25) is 17.7 Å². The number of amides is 4. The Morgan fingerprint density at radius 1 is 1.10 bits per heavy atom. The van der Waals surface area contributed by atoms with Crippen molar-refractivity contribution in [3.63, 3.8) is 0 Å². The van der Waals surface area contributed by atoms with Crippen LogP contribution < -0.4 is 10.6 Å². The predicted octanol–water partition coefficient (Wildman–Crippen LogP) is 1.57. The van der Waals surface area contributed by atoms with Gasteiger partial charge in [0.25, 0.3) is 5.91 Å². The van der Waals surface area contributed by atoms with E-state index in [2.05, 4.69) is 34.7 Å². The Morgan fingerprint density at radius 3 is 2.38 bits per heavy atom. The fourth-order valence-electron chi connectivity index (χ4n) is 6.88. The lowest BCUT2D eigenvalue weighted by Crippen LogP contribution is -2.65. The summed E-state index contributed by atoms with van der Waals surface area (Å²) in [6, 6.07) is -0.859. The first kappa shape index (κ1) is 28.6. The van der Waals surface area contributed by atoms with Crippen molar-refractivity contribution in [2.24, 2.45) is 28.6 Å². The predicted molar refractivity (Wildman–Crippen MR) is 147 cm³/mol. The highest BCUT2D eigenvalue weighted by atomic mass is 16.5. The van der Waals surface area contributed by atoms with E-state index in [0.29, 0.717) is 37.7 Å². The molecule has 3 heterocycles. The monoisotopic (exact) mass is 556 g/mol. The summed E-state index contributed by atoms with van der Waals surface area (Å²) >= 11 is 0. The Kier molecular flexibility index (Phi) is 7.96. The summed E-state index contributed by atoms with van der Waals surface area (Å²) in [5.41, 5.74) is -0.113. The van der Waals surface area contributed by atoms with Gasteiger partial charge in [-0.05, 0) is 37.5 Å². The third-order valence-corrected chi connectivity index (χ3v) is 9.75. The fraction of sp³-hybridized carbons (Fsp3) is 0.759. The number of aromatic nitrogens is 2. The molecule has 0 aromatic carbocycles. The quantitative estimate of drug-likeness (QED) is 0.422. The van der Waals surface area contributed by atoms with E-state index in [1.807, 2.05) is 11.8 Å². The van der Waals surface area contributed by atoms with Gasteiger partial charge in [0, 0.05) is 57.4 Å². The van der Waals surface area contributed by atoms with Crippen LogP contribution in [0.4, 0.5) is 0 Å². The maximum Gasteiger partial charge on any atom is 0.257 e. The Morgan fingerprint density at radius 2 is 1.77 bits per heavy atom. The number of likely N-dealkylation sites (N-methyl/N-ethyl adjacent to an activating group) is 1. The molecule has 1 unspecified atom stereocenters. The highest BCUT2D eigenvalue weighted by molar-refractivity contribution is 5.95. The van der Waals surface area contributed by atoms with Crippen LogP contribution in [0, 0.1) is 28.6 Å². The molecule has 11 nitrogen and oxygen atoms in total. The molecule has 4 aliphatic rings. The molecule has 2 aliphatic carbocycles. The number of carbonyl (C=O) groups is 4.